The number of nitrogens with zero attached hydrogens (tertiary/aromatic N) is 1. The molecule has 0 atom stereocenters. The van der Waals surface area contributed by atoms with E-state index in [9.17, 15) is 18.3 Å². The maximum absolute atomic E-state index is 11.9. The maximum atomic E-state index is 11.9. The van der Waals surface area contributed by atoms with Crippen molar-refractivity contribution >= 4 is 27.7 Å². The fourth-order valence-corrected chi connectivity index (χ4v) is 2.69. The van der Waals surface area contributed by atoms with Crippen LogP contribution < -0.4 is 4.72 Å². The van der Waals surface area contributed by atoms with Crippen LogP contribution in [0.4, 0.5) is 4.79 Å². The van der Waals surface area contributed by atoms with Gasteiger partial charge >= 0.3 is 6.09 Å². The Hall–Kier alpha value is -0.570. The molecule has 1 heterocycles. The predicted molar refractivity (Wildman–Crippen MR) is 79.6 cm³/mol. The molecule has 0 bridgehead atoms. The number of hydrogen-bond donors (Lipinski definition) is 2. The van der Waals surface area contributed by atoms with Crippen molar-refractivity contribution < 1.29 is 23.1 Å². The number of sulfonamides is 1. The van der Waals surface area contributed by atoms with E-state index in [0.717, 1.165) is 0 Å². The van der Waals surface area contributed by atoms with Gasteiger partial charge < -0.3 is 14.7 Å². The molecule has 1 aliphatic rings. The fourth-order valence-electron chi connectivity index (χ4n) is 1.89. The van der Waals surface area contributed by atoms with Gasteiger partial charge in [0.2, 0.25) is 10.0 Å². The molecule has 0 aromatic carbocycles. The van der Waals surface area contributed by atoms with Gasteiger partial charge in [-0.3, -0.25) is 0 Å². The largest absolute Gasteiger partial charge is 0.444 e. The first-order chi connectivity index (χ1) is 9.46. The van der Waals surface area contributed by atoms with Gasteiger partial charge in [0.25, 0.3) is 0 Å². The number of carbonyl (C=O) groups is 1. The molecule has 1 fully saturated rings. The van der Waals surface area contributed by atoms with Gasteiger partial charge in [-0.25, -0.2) is 17.9 Å². The summed E-state index contributed by atoms with van der Waals surface area (Å²) >= 11 is 5.28. The zero-order valence-electron chi connectivity index (χ0n) is 12.6. The molecule has 1 rings (SSSR count). The lowest BCUT2D eigenvalue weighted by Gasteiger charge is -2.38. The number of ether oxygens (including phenoxy) is 1. The third-order valence-corrected chi connectivity index (χ3v) is 4.84. The fraction of sp³-hybridized carbons (Fsp3) is 0.917. The molecule has 0 unspecified atom stereocenters. The highest BCUT2D eigenvalue weighted by molar-refractivity contribution is 7.90. The average Bonchev–Trinajstić information content (AvgIpc) is 2.35. The number of likely N-dealkylation sites (tertiary alicyclic amines) is 1. The number of rotatable bonds is 4. The van der Waals surface area contributed by atoms with Gasteiger partial charge in [0.1, 0.15) is 10.8 Å². The molecule has 0 aromatic rings. The zero-order valence-corrected chi connectivity index (χ0v) is 14.1. The van der Waals surface area contributed by atoms with Crippen LogP contribution in [0.25, 0.3) is 0 Å². The summed E-state index contributed by atoms with van der Waals surface area (Å²) in [6.07, 6.45) is 0.125. The Morgan fingerprint density at radius 3 is 2.33 bits per heavy atom. The highest BCUT2D eigenvalue weighted by Gasteiger charge is 2.36. The molecule has 1 amide bonds. The zero-order chi connectivity index (χ0) is 16.3. The Morgan fingerprint density at radius 1 is 1.38 bits per heavy atom. The minimum atomic E-state index is -3.56. The third-order valence-electron chi connectivity index (χ3n) is 3.11. The lowest BCUT2D eigenvalue weighted by Crippen LogP contribution is -2.52. The molecule has 0 aromatic heterocycles. The Bertz CT molecular complexity index is 467. The number of hydrogen-bond acceptors (Lipinski definition) is 5. The Balaban J connectivity index is 2.49. The van der Waals surface area contributed by atoms with Crippen molar-refractivity contribution in [3.63, 3.8) is 0 Å². The van der Waals surface area contributed by atoms with Crippen molar-refractivity contribution in [1.29, 1.82) is 0 Å². The topological polar surface area (TPSA) is 95.9 Å². The van der Waals surface area contributed by atoms with E-state index in [2.05, 4.69) is 4.72 Å². The molecule has 1 saturated heterocycles. The minimum Gasteiger partial charge on any atom is -0.444 e. The van der Waals surface area contributed by atoms with Gasteiger partial charge in [-0.05, 0) is 33.6 Å². The number of halogens is 1. The van der Waals surface area contributed by atoms with E-state index in [1.165, 1.54) is 4.90 Å². The van der Waals surface area contributed by atoms with Crippen LogP contribution in [0.15, 0.2) is 0 Å². The van der Waals surface area contributed by atoms with Gasteiger partial charge in [-0.1, -0.05) is 0 Å². The number of alkyl halides is 1. The molecule has 0 aliphatic carbocycles. The van der Waals surface area contributed by atoms with Crippen LogP contribution >= 0.6 is 11.6 Å². The summed E-state index contributed by atoms with van der Waals surface area (Å²) < 4.78 is 30.1. The van der Waals surface area contributed by atoms with Crippen LogP contribution in [-0.4, -0.2) is 60.6 Å². The van der Waals surface area contributed by atoms with Crippen LogP contribution in [0.3, 0.4) is 0 Å². The summed E-state index contributed by atoms with van der Waals surface area (Å²) in [5.41, 5.74) is -1.74. The van der Waals surface area contributed by atoms with Crippen LogP contribution in [0.2, 0.25) is 0 Å². The van der Waals surface area contributed by atoms with E-state index in [1.807, 2.05) is 0 Å². The van der Waals surface area contributed by atoms with Crippen LogP contribution in [0, 0.1) is 0 Å². The second kappa shape index (κ2) is 6.68. The first-order valence-corrected chi connectivity index (χ1v) is 8.89. The number of carbonyl (C=O) groups excluding carboxylic acids is 1. The lowest BCUT2D eigenvalue weighted by molar-refractivity contribution is -0.0284. The molecule has 124 valence electrons. The Kier molecular flexibility index (Phi) is 5.88. The summed E-state index contributed by atoms with van der Waals surface area (Å²) in [7, 11) is -3.56. The molecule has 1 aliphatic heterocycles. The van der Waals surface area contributed by atoms with Crippen molar-refractivity contribution in [2.45, 2.75) is 44.8 Å². The highest BCUT2D eigenvalue weighted by atomic mass is 35.5. The van der Waals surface area contributed by atoms with Crippen molar-refractivity contribution in [2.24, 2.45) is 0 Å². The van der Waals surface area contributed by atoms with Crippen molar-refractivity contribution in [3.8, 4) is 0 Å². The van der Waals surface area contributed by atoms with E-state index in [-0.39, 0.29) is 19.4 Å². The van der Waals surface area contributed by atoms with Gasteiger partial charge in [-0.15, -0.1) is 11.6 Å². The van der Waals surface area contributed by atoms with Crippen LogP contribution in [0.5, 0.6) is 0 Å². The van der Waals surface area contributed by atoms with Crippen molar-refractivity contribution in [1.82, 2.24) is 9.62 Å². The van der Waals surface area contributed by atoms with Crippen LogP contribution in [-0.2, 0) is 14.8 Å². The van der Waals surface area contributed by atoms with Gasteiger partial charge in [0.15, 0.2) is 0 Å². The van der Waals surface area contributed by atoms with E-state index in [1.54, 1.807) is 20.8 Å². The molecule has 0 spiro atoms. The second-order valence-electron chi connectivity index (χ2n) is 6.24. The summed E-state index contributed by atoms with van der Waals surface area (Å²) in [5, 5.41) is 9.76. The average molecular weight is 343 g/mol. The molecule has 2 N–H and O–H groups in total. The predicted octanol–water partition coefficient (Wildman–Crippen LogP) is 0.864. The van der Waals surface area contributed by atoms with E-state index >= 15 is 0 Å². The summed E-state index contributed by atoms with van der Waals surface area (Å²) in [6, 6.07) is 0. The SMILES string of the molecule is CC(C)(C)OC(=O)N1CCC(O)(CNS(=O)(=O)CCl)CC1. The molecule has 7 nitrogen and oxygen atoms in total. The lowest BCUT2D eigenvalue weighted by atomic mass is 9.92. The maximum Gasteiger partial charge on any atom is 0.410 e. The quantitative estimate of drug-likeness (QED) is 0.739. The van der Waals surface area contributed by atoms with Crippen molar-refractivity contribution in [3.05, 3.63) is 0 Å². The molecule has 9 heteroatoms. The monoisotopic (exact) mass is 342 g/mol. The number of nitrogens with one attached hydrogen (secondary N) is 1. The summed E-state index contributed by atoms with van der Waals surface area (Å²) in [5.74, 6) is 0. The number of piperidine rings is 1. The van der Waals surface area contributed by atoms with E-state index in [4.69, 9.17) is 16.3 Å². The van der Waals surface area contributed by atoms with E-state index < -0.39 is 32.5 Å². The van der Waals surface area contributed by atoms with Gasteiger partial charge in [0, 0.05) is 19.6 Å². The Labute approximate surface area is 130 Å². The Morgan fingerprint density at radius 2 is 1.90 bits per heavy atom. The number of aliphatic hydroxyl groups is 1. The third kappa shape index (κ3) is 6.37. The van der Waals surface area contributed by atoms with Gasteiger partial charge in [-0.2, -0.15) is 0 Å². The van der Waals surface area contributed by atoms with Gasteiger partial charge in [0.05, 0.1) is 5.60 Å². The number of amides is 1. The molecular formula is C12H23ClN2O5S. The van der Waals surface area contributed by atoms with Crippen LogP contribution in [0.1, 0.15) is 33.6 Å². The molecule has 0 saturated carbocycles. The first-order valence-electron chi connectivity index (χ1n) is 6.70. The minimum absolute atomic E-state index is 0.107. The summed E-state index contributed by atoms with van der Waals surface area (Å²) in [4.78, 5) is 13.4. The van der Waals surface area contributed by atoms with E-state index in [0.29, 0.717) is 13.1 Å². The first kappa shape index (κ1) is 18.5. The highest BCUT2D eigenvalue weighted by Crippen LogP contribution is 2.23. The molecule has 21 heavy (non-hydrogen) atoms. The molecular weight excluding hydrogens is 320 g/mol. The second-order valence-corrected chi connectivity index (χ2v) is 8.63. The molecule has 0 radical (unpaired) electrons. The van der Waals surface area contributed by atoms with Crippen molar-refractivity contribution in [2.75, 3.05) is 24.8 Å². The smallest absolute Gasteiger partial charge is 0.410 e. The normalized spacial score (nSPS) is 19.4. The summed E-state index contributed by atoms with van der Waals surface area (Å²) in [6.45, 7) is 5.87. The standard InChI is InChI=1S/C12H23ClN2O5S/c1-11(2,3)20-10(16)15-6-4-12(17,5-7-15)8-14-21(18,19)9-13/h14,17H,4-9H2,1-3H3.